The van der Waals surface area contributed by atoms with E-state index in [1.807, 2.05) is 42.5 Å². The van der Waals surface area contributed by atoms with Crippen LogP contribution in [0.3, 0.4) is 0 Å². The van der Waals surface area contributed by atoms with Gasteiger partial charge >= 0.3 is 0 Å². The summed E-state index contributed by atoms with van der Waals surface area (Å²) >= 11 is 11.2. The van der Waals surface area contributed by atoms with Crippen molar-refractivity contribution < 1.29 is 9.53 Å². The zero-order valence-corrected chi connectivity index (χ0v) is 16.6. The lowest BCUT2D eigenvalue weighted by Gasteiger charge is -2.13. The Hall–Kier alpha value is -2.89. The van der Waals surface area contributed by atoms with Crippen LogP contribution in [-0.4, -0.2) is 17.6 Å². The summed E-state index contributed by atoms with van der Waals surface area (Å²) in [6.45, 7) is 0.472. The van der Waals surface area contributed by atoms with Gasteiger partial charge in [0.05, 0.1) is 12.2 Å². The lowest BCUT2D eigenvalue weighted by Crippen LogP contribution is -2.34. The first-order valence-corrected chi connectivity index (χ1v) is 9.54. The van der Waals surface area contributed by atoms with Crippen molar-refractivity contribution in [3.8, 4) is 5.75 Å². The maximum Gasteiger partial charge on any atom is 0.261 e. The van der Waals surface area contributed by atoms with Gasteiger partial charge in [-0.15, -0.1) is 0 Å². The molecule has 0 aromatic heterocycles. The SMILES string of the molecule is O=C(NC(=S)Nc1cccc(Cl)c1)c1ccccc1OCCc1ccccc1. The van der Waals surface area contributed by atoms with Crippen LogP contribution >= 0.6 is 23.8 Å². The molecule has 1 amide bonds. The second-order valence-electron chi connectivity index (χ2n) is 6.00. The summed E-state index contributed by atoms with van der Waals surface area (Å²) < 4.78 is 5.84. The van der Waals surface area contributed by atoms with Crippen molar-refractivity contribution in [2.75, 3.05) is 11.9 Å². The van der Waals surface area contributed by atoms with Gasteiger partial charge in [0.2, 0.25) is 0 Å². The fourth-order valence-corrected chi connectivity index (χ4v) is 3.00. The van der Waals surface area contributed by atoms with Crippen molar-refractivity contribution in [2.45, 2.75) is 6.42 Å². The molecule has 0 fully saturated rings. The van der Waals surface area contributed by atoms with E-state index < -0.39 is 0 Å². The minimum absolute atomic E-state index is 0.186. The number of halogens is 1. The summed E-state index contributed by atoms with van der Waals surface area (Å²) in [5.74, 6) is 0.177. The second-order valence-corrected chi connectivity index (χ2v) is 6.84. The van der Waals surface area contributed by atoms with Crippen LogP contribution in [0.15, 0.2) is 78.9 Å². The zero-order chi connectivity index (χ0) is 19.8. The molecule has 3 aromatic carbocycles. The van der Waals surface area contributed by atoms with E-state index in [0.717, 1.165) is 6.42 Å². The summed E-state index contributed by atoms with van der Waals surface area (Å²) in [4.78, 5) is 12.6. The average molecular weight is 411 g/mol. The standard InChI is InChI=1S/C22H19ClN2O2S/c23-17-9-6-10-18(15-17)24-22(28)25-21(26)19-11-4-5-12-20(19)27-14-13-16-7-2-1-3-8-16/h1-12,15H,13-14H2,(H2,24,25,26,28). The topological polar surface area (TPSA) is 50.4 Å². The Balaban J connectivity index is 1.59. The molecule has 142 valence electrons. The number of nitrogens with one attached hydrogen (secondary N) is 2. The third-order valence-electron chi connectivity index (χ3n) is 3.93. The lowest BCUT2D eigenvalue weighted by molar-refractivity contribution is 0.0974. The summed E-state index contributed by atoms with van der Waals surface area (Å²) in [5, 5.41) is 6.38. The number of hydrogen-bond acceptors (Lipinski definition) is 3. The zero-order valence-electron chi connectivity index (χ0n) is 15.0. The predicted molar refractivity (Wildman–Crippen MR) is 117 cm³/mol. The maximum absolute atomic E-state index is 12.6. The Bertz CT molecular complexity index is 964. The van der Waals surface area contributed by atoms with Crippen LogP contribution in [0.5, 0.6) is 5.75 Å². The van der Waals surface area contributed by atoms with Gasteiger partial charge in [0.15, 0.2) is 5.11 Å². The minimum atomic E-state index is -0.338. The van der Waals surface area contributed by atoms with E-state index in [4.69, 9.17) is 28.6 Å². The van der Waals surface area contributed by atoms with E-state index in [-0.39, 0.29) is 11.0 Å². The lowest BCUT2D eigenvalue weighted by atomic mass is 10.1. The molecule has 0 aliphatic heterocycles. The van der Waals surface area contributed by atoms with Crippen molar-refractivity contribution in [3.05, 3.63) is 95.0 Å². The molecule has 0 saturated carbocycles. The molecular formula is C22H19ClN2O2S. The summed E-state index contributed by atoms with van der Waals surface area (Å²) in [5.41, 5.74) is 2.30. The number of thiocarbonyl (C=S) groups is 1. The molecule has 3 aromatic rings. The molecule has 0 radical (unpaired) electrons. The van der Waals surface area contributed by atoms with Crippen molar-refractivity contribution in [3.63, 3.8) is 0 Å². The van der Waals surface area contributed by atoms with Gasteiger partial charge < -0.3 is 10.1 Å². The summed E-state index contributed by atoms with van der Waals surface area (Å²) in [6, 6.07) is 24.2. The Morgan fingerprint density at radius 2 is 1.71 bits per heavy atom. The van der Waals surface area contributed by atoms with Crippen molar-refractivity contribution >= 4 is 40.5 Å². The predicted octanol–water partition coefficient (Wildman–Crippen LogP) is 5.09. The molecular weight excluding hydrogens is 392 g/mol. The third kappa shape index (κ3) is 5.81. The summed E-state index contributed by atoms with van der Waals surface area (Å²) in [6.07, 6.45) is 0.755. The molecule has 3 rings (SSSR count). The van der Waals surface area contributed by atoms with Crippen LogP contribution in [0, 0.1) is 0 Å². The number of carbonyl (C=O) groups is 1. The first-order chi connectivity index (χ1) is 13.6. The van der Waals surface area contributed by atoms with Gasteiger partial charge in [0.1, 0.15) is 5.75 Å². The van der Waals surface area contributed by atoms with Crippen molar-refractivity contribution in [1.29, 1.82) is 0 Å². The van der Waals surface area contributed by atoms with E-state index in [1.165, 1.54) is 5.56 Å². The van der Waals surface area contributed by atoms with Crippen LogP contribution in [0.25, 0.3) is 0 Å². The highest BCUT2D eigenvalue weighted by molar-refractivity contribution is 7.80. The highest BCUT2D eigenvalue weighted by Gasteiger charge is 2.13. The molecule has 0 unspecified atom stereocenters. The van der Waals surface area contributed by atoms with Crippen LogP contribution in [-0.2, 0) is 6.42 Å². The molecule has 0 saturated heterocycles. The highest BCUT2D eigenvalue weighted by atomic mass is 35.5. The van der Waals surface area contributed by atoms with E-state index >= 15 is 0 Å². The monoisotopic (exact) mass is 410 g/mol. The molecule has 6 heteroatoms. The molecule has 0 heterocycles. The fourth-order valence-electron chi connectivity index (χ4n) is 2.60. The number of amides is 1. The minimum Gasteiger partial charge on any atom is -0.492 e. The first kappa shape index (κ1) is 19.9. The highest BCUT2D eigenvalue weighted by Crippen LogP contribution is 2.19. The summed E-state index contributed by atoms with van der Waals surface area (Å²) in [7, 11) is 0. The van der Waals surface area contributed by atoms with Gasteiger partial charge in [0, 0.05) is 17.1 Å². The molecule has 0 bridgehead atoms. The number of anilines is 1. The van der Waals surface area contributed by atoms with Gasteiger partial charge in [-0.1, -0.05) is 60.1 Å². The van der Waals surface area contributed by atoms with Crippen LogP contribution in [0.4, 0.5) is 5.69 Å². The number of ether oxygens (including phenoxy) is 1. The van der Waals surface area contributed by atoms with Crippen LogP contribution in [0.2, 0.25) is 5.02 Å². The number of hydrogen-bond donors (Lipinski definition) is 2. The first-order valence-electron chi connectivity index (χ1n) is 8.75. The molecule has 0 aliphatic rings. The molecule has 28 heavy (non-hydrogen) atoms. The number of benzene rings is 3. The van der Waals surface area contributed by atoms with Crippen LogP contribution in [0.1, 0.15) is 15.9 Å². The Labute approximate surface area is 174 Å². The van der Waals surface area contributed by atoms with E-state index in [1.54, 1.807) is 36.4 Å². The van der Waals surface area contributed by atoms with Crippen molar-refractivity contribution in [1.82, 2.24) is 5.32 Å². The maximum atomic E-state index is 12.6. The van der Waals surface area contributed by atoms with Crippen LogP contribution < -0.4 is 15.4 Å². The van der Waals surface area contributed by atoms with Crippen molar-refractivity contribution in [2.24, 2.45) is 0 Å². The molecule has 0 spiro atoms. The number of para-hydroxylation sites is 1. The molecule has 2 N–H and O–H groups in total. The van der Waals surface area contributed by atoms with Gasteiger partial charge in [-0.05, 0) is 48.1 Å². The largest absolute Gasteiger partial charge is 0.492 e. The smallest absolute Gasteiger partial charge is 0.261 e. The average Bonchev–Trinajstić information content (AvgIpc) is 2.69. The number of carbonyl (C=O) groups excluding carboxylic acids is 1. The van der Waals surface area contributed by atoms with E-state index in [0.29, 0.717) is 28.6 Å². The van der Waals surface area contributed by atoms with Gasteiger partial charge in [0.25, 0.3) is 5.91 Å². The van der Waals surface area contributed by atoms with Gasteiger partial charge in [-0.3, -0.25) is 10.1 Å². The Kier molecular flexibility index (Phi) is 7.00. The van der Waals surface area contributed by atoms with E-state index in [9.17, 15) is 4.79 Å². The number of rotatable bonds is 6. The van der Waals surface area contributed by atoms with E-state index in [2.05, 4.69) is 10.6 Å². The Morgan fingerprint density at radius 3 is 2.50 bits per heavy atom. The molecule has 4 nitrogen and oxygen atoms in total. The van der Waals surface area contributed by atoms with Gasteiger partial charge in [-0.25, -0.2) is 0 Å². The van der Waals surface area contributed by atoms with Gasteiger partial charge in [-0.2, -0.15) is 0 Å². The normalized spacial score (nSPS) is 10.2. The molecule has 0 atom stereocenters. The molecule has 0 aliphatic carbocycles. The third-order valence-corrected chi connectivity index (χ3v) is 4.37. The second kappa shape index (κ2) is 9.88. The fraction of sp³-hybridized carbons (Fsp3) is 0.0909. The quantitative estimate of drug-likeness (QED) is 0.556. The Morgan fingerprint density at radius 1 is 0.964 bits per heavy atom.